The van der Waals surface area contributed by atoms with Crippen LogP contribution in [0.5, 0.6) is 0 Å². The fourth-order valence-corrected chi connectivity index (χ4v) is 8.25. The van der Waals surface area contributed by atoms with E-state index in [1.807, 2.05) is 5.38 Å². The Labute approximate surface area is 168 Å². The molecular weight excluding hydrogens is 420 g/mol. The first-order valence-corrected chi connectivity index (χ1v) is 13.0. The number of rotatable bonds is 3. The Hall–Kier alpha value is -1.75. The molecule has 1 aromatic heterocycles. The van der Waals surface area contributed by atoms with Crippen LogP contribution in [-0.4, -0.2) is 45.9 Å². The predicted octanol–water partition coefficient (Wildman–Crippen LogP) is 2.18. The molecule has 1 N–H and O–H groups in total. The Bertz CT molecular complexity index is 1110. The van der Waals surface area contributed by atoms with Crippen LogP contribution in [0.3, 0.4) is 0 Å². The van der Waals surface area contributed by atoms with Crippen LogP contribution in [0.1, 0.15) is 28.5 Å². The predicted molar refractivity (Wildman–Crippen MR) is 108 cm³/mol. The summed E-state index contributed by atoms with van der Waals surface area (Å²) in [5, 5.41) is 3.90. The Balaban J connectivity index is 1.61. The van der Waals surface area contributed by atoms with E-state index in [-0.39, 0.29) is 36.1 Å². The summed E-state index contributed by atoms with van der Waals surface area (Å²) in [6.45, 7) is 0.0955. The van der Waals surface area contributed by atoms with E-state index < -0.39 is 25.1 Å². The first-order valence-electron chi connectivity index (χ1n) is 8.95. The number of hydrogen-bond acceptors (Lipinski definition) is 6. The van der Waals surface area contributed by atoms with Gasteiger partial charge in [-0.2, -0.15) is 4.31 Å². The summed E-state index contributed by atoms with van der Waals surface area (Å²) in [5.74, 6) is -0.282. The number of aryl methyl sites for hydroxylation is 1. The van der Waals surface area contributed by atoms with E-state index in [2.05, 4.69) is 5.32 Å². The van der Waals surface area contributed by atoms with Gasteiger partial charge in [-0.05, 0) is 48.1 Å². The standard InChI is InChI=1S/C18H20N2O5S3/c21-18-6-3-13-12-14(4-5-15(13)19-18)28(24,25)20-8-7-17(16-2-1-10-26-16)27(22,23)11-9-20/h1-2,4-5,10,12,17H,3,6-9,11H2,(H,19,21)/t17-/m1/s1. The van der Waals surface area contributed by atoms with Crippen molar-refractivity contribution in [1.29, 1.82) is 0 Å². The monoisotopic (exact) mass is 440 g/mol. The van der Waals surface area contributed by atoms with Gasteiger partial charge in [-0.1, -0.05) is 6.07 Å². The number of fused-ring (bicyclic) bond motifs is 1. The van der Waals surface area contributed by atoms with Crippen molar-refractivity contribution in [3.8, 4) is 0 Å². The molecule has 2 aliphatic rings. The van der Waals surface area contributed by atoms with E-state index in [9.17, 15) is 21.6 Å². The second-order valence-corrected chi connectivity index (χ2v) is 12.2. The van der Waals surface area contributed by atoms with Gasteiger partial charge in [0.1, 0.15) is 0 Å². The molecule has 1 amide bonds. The highest BCUT2D eigenvalue weighted by Crippen LogP contribution is 2.34. The van der Waals surface area contributed by atoms with Gasteiger partial charge in [-0.25, -0.2) is 16.8 Å². The highest BCUT2D eigenvalue weighted by molar-refractivity contribution is 7.92. The van der Waals surface area contributed by atoms with Crippen LogP contribution in [0.25, 0.3) is 0 Å². The summed E-state index contributed by atoms with van der Waals surface area (Å²) < 4.78 is 52.9. The highest BCUT2D eigenvalue weighted by atomic mass is 32.2. The van der Waals surface area contributed by atoms with Gasteiger partial charge in [0.05, 0.1) is 15.9 Å². The highest BCUT2D eigenvalue weighted by Gasteiger charge is 2.36. The van der Waals surface area contributed by atoms with Crippen molar-refractivity contribution in [3.05, 3.63) is 46.2 Å². The largest absolute Gasteiger partial charge is 0.326 e. The molecule has 7 nitrogen and oxygen atoms in total. The van der Waals surface area contributed by atoms with Crippen LogP contribution in [0.15, 0.2) is 40.6 Å². The lowest BCUT2D eigenvalue weighted by Gasteiger charge is -2.22. The van der Waals surface area contributed by atoms with E-state index >= 15 is 0 Å². The van der Waals surface area contributed by atoms with E-state index in [0.29, 0.717) is 18.5 Å². The number of carbonyl (C=O) groups excluding carboxylic acids is 1. The quantitative estimate of drug-likeness (QED) is 0.788. The van der Waals surface area contributed by atoms with Gasteiger partial charge in [-0.3, -0.25) is 4.79 Å². The molecule has 0 radical (unpaired) electrons. The van der Waals surface area contributed by atoms with Gasteiger partial charge < -0.3 is 5.32 Å². The number of nitrogens with zero attached hydrogens (tertiary/aromatic N) is 1. The molecule has 0 unspecified atom stereocenters. The number of sulfonamides is 1. The van der Waals surface area contributed by atoms with Crippen molar-refractivity contribution in [2.24, 2.45) is 0 Å². The van der Waals surface area contributed by atoms with Gasteiger partial charge >= 0.3 is 0 Å². The Morgan fingerprint density at radius 1 is 1.14 bits per heavy atom. The molecule has 0 spiro atoms. The van der Waals surface area contributed by atoms with Crippen molar-refractivity contribution in [3.63, 3.8) is 0 Å². The Morgan fingerprint density at radius 2 is 1.96 bits per heavy atom. The fraction of sp³-hybridized carbons (Fsp3) is 0.389. The van der Waals surface area contributed by atoms with Crippen molar-refractivity contribution >= 4 is 42.8 Å². The van der Waals surface area contributed by atoms with Gasteiger partial charge in [0, 0.05) is 30.1 Å². The molecule has 1 atom stereocenters. The van der Waals surface area contributed by atoms with Crippen LogP contribution in [0.2, 0.25) is 0 Å². The average Bonchev–Trinajstić information content (AvgIpc) is 3.12. The molecule has 0 saturated carbocycles. The summed E-state index contributed by atoms with van der Waals surface area (Å²) in [7, 11) is -7.24. The van der Waals surface area contributed by atoms with Crippen LogP contribution in [-0.2, 0) is 31.1 Å². The zero-order chi connectivity index (χ0) is 19.9. The normalized spacial score (nSPS) is 22.9. The van der Waals surface area contributed by atoms with Crippen LogP contribution < -0.4 is 5.32 Å². The topological polar surface area (TPSA) is 101 Å². The van der Waals surface area contributed by atoms with Crippen molar-refractivity contribution < 1.29 is 21.6 Å². The van der Waals surface area contributed by atoms with Gasteiger partial charge in [-0.15, -0.1) is 11.3 Å². The summed E-state index contributed by atoms with van der Waals surface area (Å²) in [4.78, 5) is 12.4. The number of hydrogen-bond donors (Lipinski definition) is 1. The number of sulfone groups is 1. The SMILES string of the molecule is O=C1CCc2cc(S(=O)(=O)N3CC[C@H](c4cccs4)S(=O)(=O)CC3)ccc2N1. The maximum Gasteiger partial charge on any atom is 0.243 e. The van der Waals surface area contributed by atoms with Gasteiger partial charge in [0.15, 0.2) is 9.84 Å². The molecule has 2 aliphatic heterocycles. The summed E-state index contributed by atoms with van der Waals surface area (Å²) in [6, 6.07) is 8.24. The number of carbonyl (C=O) groups is 1. The Morgan fingerprint density at radius 3 is 2.71 bits per heavy atom. The number of nitrogens with one attached hydrogen (secondary N) is 1. The lowest BCUT2D eigenvalue weighted by Crippen LogP contribution is -2.33. The molecule has 0 aliphatic carbocycles. The molecule has 28 heavy (non-hydrogen) atoms. The molecule has 150 valence electrons. The van der Waals surface area contributed by atoms with Crippen LogP contribution in [0, 0.1) is 0 Å². The van der Waals surface area contributed by atoms with Crippen LogP contribution in [0.4, 0.5) is 5.69 Å². The molecule has 4 rings (SSSR count). The Kier molecular flexibility index (Phi) is 5.07. The lowest BCUT2D eigenvalue weighted by atomic mass is 10.0. The number of benzene rings is 1. The van der Waals surface area contributed by atoms with E-state index in [1.54, 1.807) is 24.3 Å². The van der Waals surface area contributed by atoms with E-state index in [4.69, 9.17) is 0 Å². The van der Waals surface area contributed by atoms with Gasteiger partial charge in [0.25, 0.3) is 0 Å². The first-order chi connectivity index (χ1) is 13.3. The van der Waals surface area contributed by atoms with Crippen molar-refractivity contribution in [2.45, 2.75) is 29.4 Å². The molecule has 3 heterocycles. The number of thiophene rings is 1. The maximum absolute atomic E-state index is 13.1. The summed E-state index contributed by atoms with van der Waals surface area (Å²) in [6.07, 6.45) is 1.05. The second kappa shape index (κ2) is 7.25. The average molecular weight is 441 g/mol. The summed E-state index contributed by atoms with van der Waals surface area (Å²) in [5.41, 5.74) is 1.41. The molecule has 1 aromatic carbocycles. The molecule has 1 saturated heterocycles. The zero-order valence-corrected chi connectivity index (χ0v) is 17.4. The summed E-state index contributed by atoms with van der Waals surface area (Å²) >= 11 is 1.38. The molecule has 1 fully saturated rings. The van der Waals surface area contributed by atoms with Crippen molar-refractivity contribution in [2.75, 3.05) is 24.2 Å². The third-order valence-electron chi connectivity index (χ3n) is 5.17. The molecule has 10 heteroatoms. The van der Waals surface area contributed by atoms with Crippen molar-refractivity contribution in [1.82, 2.24) is 4.31 Å². The van der Waals surface area contributed by atoms with Crippen LogP contribution >= 0.6 is 11.3 Å². The first kappa shape index (κ1) is 19.6. The molecule has 2 aromatic rings. The molecular formula is C18H20N2O5S3. The number of anilines is 1. The van der Waals surface area contributed by atoms with E-state index in [1.165, 1.54) is 21.7 Å². The minimum atomic E-state index is -3.82. The smallest absolute Gasteiger partial charge is 0.243 e. The third-order valence-corrected chi connectivity index (χ3v) is 10.3. The van der Waals surface area contributed by atoms with Gasteiger partial charge in [0.2, 0.25) is 15.9 Å². The number of amides is 1. The minimum Gasteiger partial charge on any atom is -0.326 e. The lowest BCUT2D eigenvalue weighted by molar-refractivity contribution is -0.116. The third kappa shape index (κ3) is 3.61. The molecule has 0 bridgehead atoms. The van der Waals surface area contributed by atoms with E-state index in [0.717, 1.165) is 10.4 Å². The zero-order valence-electron chi connectivity index (χ0n) is 15.0. The second-order valence-electron chi connectivity index (χ2n) is 6.93. The maximum atomic E-state index is 13.1. The minimum absolute atomic E-state index is 0.0552. The fourth-order valence-electron chi connectivity index (χ4n) is 3.63.